The van der Waals surface area contributed by atoms with Crippen molar-refractivity contribution < 1.29 is 9.78 Å². The van der Waals surface area contributed by atoms with Gasteiger partial charge in [-0.3, -0.25) is 10.5 Å². The van der Waals surface area contributed by atoms with E-state index in [-0.39, 0.29) is 5.91 Å². The molecule has 1 amide bonds. The van der Waals surface area contributed by atoms with Crippen molar-refractivity contribution in [3.63, 3.8) is 0 Å². The second kappa shape index (κ2) is 6.58. The topological polar surface area (TPSA) is 69.3 Å². The smallest absolute Gasteiger partial charge is 0.320 e. The highest BCUT2D eigenvalue weighted by molar-refractivity contribution is 7.17. The van der Waals surface area contributed by atoms with Gasteiger partial charge in [-0.1, -0.05) is 53.5 Å². The Morgan fingerprint density at radius 1 is 1.13 bits per heavy atom. The Kier molecular flexibility index (Phi) is 4.52. The predicted molar refractivity (Wildman–Crippen MR) is 95.1 cm³/mol. The Balaban J connectivity index is 1.96. The third kappa shape index (κ3) is 3.47. The Labute approximate surface area is 146 Å². The molecule has 4 nitrogen and oxygen atoms in total. The first-order valence-corrected chi connectivity index (χ1v) is 8.25. The number of rotatable bonds is 3. The summed E-state index contributed by atoms with van der Waals surface area (Å²) in [4.78, 5) is 16.1. The van der Waals surface area contributed by atoms with Crippen LogP contribution >= 0.6 is 34.5 Å². The number of carbonyl (C=O) groups excluding carboxylic acids is 1. The molecule has 0 saturated heterocycles. The lowest BCUT2D eigenvalue weighted by Gasteiger charge is -2.07. The van der Waals surface area contributed by atoms with E-state index in [0.717, 1.165) is 5.56 Å². The minimum atomic E-state index is -0.300. The summed E-state index contributed by atoms with van der Waals surface area (Å²) in [6.07, 6.45) is 0. The van der Waals surface area contributed by atoms with Crippen molar-refractivity contribution in [3.8, 4) is 11.3 Å². The number of thiazole rings is 1. The Morgan fingerprint density at radius 2 is 1.87 bits per heavy atom. The van der Waals surface area contributed by atoms with Crippen LogP contribution in [0.3, 0.4) is 0 Å². The number of halogens is 2. The van der Waals surface area contributed by atoms with Gasteiger partial charge >= 0.3 is 5.13 Å². The first-order valence-electron chi connectivity index (χ1n) is 6.68. The zero-order valence-corrected chi connectivity index (χ0v) is 14.1. The molecule has 0 radical (unpaired) electrons. The second-order valence-corrected chi connectivity index (χ2v) is 6.64. The van der Waals surface area contributed by atoms with Crippen molar-refractivity contribution in [2.24, 2.45) is 0 Å². The first kappa shape index (κ1) is 15.8. The lowest BCUT2D eigenvalue weighted by molar-refractivity contribution is -0.340. The number of anilines is 2. The summed E-state index contributed by atoms with van der Waals surface area (Å²) in [5, 5.41) is 4.13. The van der Waals surface area contributed by atoms with Gasteiger partial charge in [-0.05, 0) is 29.5 Å². The number of aromatic amines is 1. The predicted octanol–water partition coefficient (Wildman–Crippen LogP) is 4.37. The molecule has 116 valence electrons. The van der Waals surface area contributed by atoms with Crippen LogP contribution in [0, 0.1) is 0 Å². The van der Waals surface area contributed by atoms with E-state index in [1.807, 2.05) is 30.3 Å². The summed E-state index contributed by atoms with van der Waals surface area (Å²) in [5.41, 5.74) is 7.84. The fourth-order valence-corrected chi connectivity index (χ4v) is 3.23. The van der Waals surface area contributed by atoms with Crippen molar-refractivity contribution in [1.29, 1.82) is 0 Å². The SMILES string of the molecule is Nc1[nH+]c(-c2ccccc2)c(C(=O)Nc2cc(Cl)ccc2Cl)s1. The van der Waals surface area contributed by atoms with Gasteiger partial charge in [0.25, 0.3) is 5.91 Å². The summed E-state index contributed by atoms with van der Waals surface area (Å²) in [6, 6.07) is 14.4. The minimum absolute atomic E-state index is 0.300. The van der Waals surface area contributed by atoms with Crippen molar-refractivity contribution in [2.75, 3.05) is 11.1 Å². The number of amides is 1. The summed E-state index contributed by atoms with van der Waals surface area (Å²) in [5.74, 6) is -0.300. The second-order valence-electron chi connectivity index (χ2n) is 4.74. The van der Waals surface area contributed by atoms with Crippen molar-refractivity contribution in [1.82, 2.24) is 0 Å². The highest BCUT2D eigenvalue weighted by atomic mass is 35.5. The molecular weight excluding hydrogens is 353 g/mol. The summed E-state index contributed by atoms with van der Waals surface area (Å²) in [7, 11) is 0. The zero-order valence-electron chi connectivity index (χ0n) is 11.8. The number of nitrogens with two attached hydrogens (primary N) is 1. The monoisotopic (exact) mass is 364 g/mol. The van der Waals surface area contributed by atoms with Crippen molar-refractivity contribution >= 4 is 51.3 Å². The third-order valence-corrected chi connectivity index (χ3v) is 4.61. The van der Waals surface area contributed by atoms with Gasteiger partial charge in [-0.2, -0.15) is 0 Å². The van der Waals surface area contributed by atoms with Gasteiger partial charge in [0, 0.05) is 10.6 Å². The molecule has 0 unspecified atom stereocenters. The molecule has 0 fully saturated rings. The molecule has 3 rings (SSSR count). The number of benzene rings is 2. The molecule has 0 spiro atoms. The highest BCUT2D eigenvalue weighted by Gasteiger charge is 2.22. The molecule has 0 aliphatic carbocycles. The maximum atomic E-state index is 12.6. The van der Waals surface area contributed by atoms with Gasteiger partial charge in [-0.25, -0.2) is 4.98 Å². The van der Waals surface area contributed by atoms with Crippen LogP contribution in [0.5, 0.6) is 0 Å². The van der Waals surface area contributed by atoms with E-state index in [2.05, 4.69) is 10.3 Å². The average molecular weight is 365 g/mol. The Bertz CT molecular complexity index is 865. The molecule has 0 bridgehead atoms. The lowest BCUT2D eigenvalue weighted by Crippen LogP contribution is -2.14. The molecule has 2 aromatic carbocycles. The number of carbonyl (C=O) groups is 1. The van der Waals surface area contributed by atoms with Gasteiger partial charge < -0.3 is 5.32 Å². The molecule has 0 aliphatic heterocycles. The molecule has 7 heteroatoms. The molecule has 1 heterocycles. The van der Waals surface area contributed by atoms with Crippen LogP contribution in [0.1, 0.15) is 9.67 Å². The maximum Gasteiger partial charge on any atom is 0.330 e. The number of H-pyrrole nitrogens is 1. The van der Waals surface area contributed by atoms with Gasteiger partial charge in [0.2, 0.25) is 0 Å². The van der Waals surface area contributed by atoms with Crippen LogP contribution in [0.2, 0.25) is 10.0 Å². The fraction of sp³-hybridized carbons (Fsp3) is 0. The van der Waals surface area contributed by atoms with Crippen LogP contribution in [0.15, 0.2) is 48.5 Å². The summed E-state index contributed by atoms with van der Waals surface area (Å²) >= 11 is 13.2. The van der Waals surface area contributed by atoms with Crippen LogP contribution in [-0.4, -0.2) is 5.91 Å². The Hall–Kier alpha value is -2.08. The maximum absolute atomic E-state index is 12.6. The molecular formula is C16H12Cl2N3OS+. The number of hydrogen-bond donors (Lipinski definition) is 2. The van der Waals surface area contributed by atoms with E-state index in [9.17, 15) is 4.79 Å². The van der Waals surface area contributed by atoms with Crippen LogP contribution in [-0.2, 0) is 0 Å². The third-order valence-electron chi connectivity index (χ3n) is 3.13. The molecule has 0 aliphatic rings. The zero-order chi connectivity index (χ0) is 16.4. The quantitative estimate of drug-likeness (QED) is 0.724. The number of hydrogen-bond acceptors (Lipinski definition) is 3. The summed E-state index contributed by atoms with van der Waals surface area (Å²) in [6.45, 7) is 0. The van der Waals surface area contributed by atoms with Crippen LogP contribution in [0.4, 0.5) is 10.8 Å². The van der Waals surface area contributed by atoms with Crippen LogP contribution < -0.4 is 16.0 Å². The standard InChI is InChI=1S/C16H11Cl2N3OS/c17-10-6-7-11(18)12(8-10)20-15(22)14-13(21-16(19)23-14)9-4-2-1-3-5-9/h1-8H,(H2,19,21)(H,20,22)/p+1. The van der Waals surface area contributed by atoms with E-state index in [1.165, 1.54) is 11.3 Å². The first-order chi connectivity index (χ1) is 11.0. The van der Waals surface area contributed by atoms with Gasteiger partial charge in [0.1, 0.15) is 4.88 Å². The molecule has 23 heavy (non-hydrogen) atoms. The average Bonchev–Trinajstić information content (AvgIpc) is 2.94. The number of nitrogens with one attached hydrogen (secondary N) is 2. The van der Waals surface area contributed by atoms with E-state index in [0.29, 0.717) is 31.4 Å². The van der Waals surface area contributed by atoms with E-state index >= 15 is 0 Å². The molecule has 1 aromatic heterocycles. The minimum Gasteiger partial charge on any atom is -0.320 e. The number of nitrogen functional groups attached to an aromatic ring is 1. The van der Waals surface area contributed by atoms with Gasteiger partial charge in [0.15, 0.2) is 5.69 Å². The normalized spacial score (nSPS) is 10.5. The molecule has 4 N–H and O–H groups in total. The van der Waals surface area contributed by atoms with Gasteiger partial charge in [0.05, 0.1) is 10.7 Å². The fourth-order valence-electron chi connectivity index (χ4n) is 2.11. The van der Waals surface area contributed by atoms with E-state index in [4.69, 9.17) is 28.9 Å². The lowest BCUT2D eigenvalue weighted by atomic mass is 10.1. The summed E-state index contributed by atoms with van der Waals surface area (Å²) < 4.78 is 0. The molecule has 0 atom stereocenters. The van der Waals surface area contributed by atoms with Crippen LogP contribution in [0.25, 0.3) is 11.3 Å². The largest absolute Gasteiger partial charge is 0.330 e. The van der Waals surface area contributed by atoms with E-state index in [1.54, 1.807) is 18.2 Å². The van der Waals surface area contributed by atoms with Crippen molar-refractivity contribution in [2.45, 2.75) is 0 Å². The Morgan fingerprint density at radius 3 is 2.61 bits per heavy atom. The highest BCUT2D eigenvalue weighted by Crippen LogP contribution is 2.29. The molecule has 3 aromatic rings. The molecule has 0 saturated carbocycles. The van der Waals surface area contributed by atoms with Crippen molar-refractivity contribution in [3.05, 3.63) is 63.5 Å². The number of aromatic nitrogens is 1. The van der Waals surface area contributed by atoms with E-state index < -0.39 is 0 Å². The van der Waals surface area contributed by atoms with Gasteiger partial charge in [-0.15, -0.1) is 0 Å².